The van der Waals surface area contributed by atoms with Crippen LogP contribution in [-0.2, 0) is 0 Å². The Kier molecular flexibility index (Phi) is 4.67. The fourth-order valence-corrected chi connectivity index (χ4v) is 3.48. The summed E-state index contributed by atoms with van der Waals surface area (Å²) in [6, 6.07) is 14.0. The first-order valence-corrected chi connectivity index (χ1v) is 9.38. The Morgan fingerprint density at radius 2 is 1.96 bits per heavy atom. The molecule has 0 saturated heterocycles. The van der Waals surface area contributed by atoms with Crippen LogP contribution in [0, 0.1) is 6.92 Å². The number of fused-ring (bicyclic) bond motifs is 1. The van der Waals surface area contributed by atoms with E-state index in [2.05, 4.69) is 10.3 Å². The number of thiazole rings is 1. The minimum Gasteiger partial charge on any atom is -0.493 e. The fraction of sp³-hybridized carbons (Fsp3) is 0.0952. The molecule has 6 nitrogen and oxygen atoms in total. The van der Waals surface area contributed by atoms with Gasteiger partial charge in [0.05, 0.1) is 17.8 Å². The summed E-state index contributed by atoms with van der Waals surface area (Å²) in [5, 5.41) is 6.31. The number of benzene rings is 2. The number of carbonyl (C=O) groups is 1. The molecule has 2 aromatic carbocycles. The second-order valence-corrected chi connectivity index (χ2v) is 7.17. The van der Waals surface area contributed by atoms with Crippen molar-refractivity contribution in [2.75, 3.05) is 12.4 Å². The van der Waals surface area contributed by atoms with Crippen molar-refractivity contribution in [2.45, 2.75) is 6.92 Å². The van der Waals surface area contributed by atoms with Crippen LogP contribution in [0.5, 0.6) is 5.75 Å². The van der Waals surface area contributed by atoms with Gasteiger partial charge >= 0.3 is 5.63 Å². The predicted octanol–water partition coefficient (Wildman–Crippen LogP) is 4.49. The highest BCUT2D eigenvalue weighted by atomic mass is 32.1. The third-order valence-corrected chi connectivity index (χ3v) is 5.02. The minimum atomic E-state index is -0.718. The van der Waals surface area contributed by atoms with Crippen molar-refractivity contribution in [3.05, 3.63) is 74.9 Å². The van der Waals surface area contributed by atoms with E-state index >= 15 is 0 Å². The van der Waals surface area contributed by atoms with E-state index in [-0.39, 0.29) is 5.56 Å². The number of hydrogen-bond acceptors (Lipinski definition) is 6. The molecule has 0 unspecified atom stereocenters. The van der Waals surface area contributed by atoms with Crippen molar-refractivity contribution < 1.29 is 13.9 Å². The monoisotopic (exact) mass is 392 g/mol. The van der Waals surface area contributed by atoms with Crippen LogP contribution in [-0.4, -0.2) is 18.0 Å². The number of nitrogens with zero attached hydrogens (tertiary/aromatic N) is 1. The molecule has 0 fully saturated rings. The summed E-state index contributed by atoms with van der Waals surface area (Å²) in [7, 11) is 1.49. The molecule has 4 aromatic rings. The topological polar surface area (TPSA) is 81.4 Å². The molecule has 7 heteroatoms. The van der Waals surface area contributed by atoms with Crippen LogP contribution in [0.1, 0.15) is 15.4 Å². The van der Waals surface area contributed by atoms with E-state index in [9.17, 15) is 9.59 Å². The quantitative estimate of drug-likeness (QED) is 0.518. The number of nitrogens with one attached hydrogen (secondary N) is 1. The maximum absolute atomic E-state index is 12.6. The van der Waals surface area contributed by atoms with Gasteiger partial charge in [-0.05, 0) is 31.2 Å². The first-order chi connectivity index (χ1) is 13.5. The van der Waals surface area contributed by atoms with E-state index in [0.29, 0.717) is 22.4 Å². The number of para-hydroxylation sites is 1. The first-order valence-electron chi connectivity index (χ1n) is 8.50. The molecular formula is C21H16N2O4S. The molecule has 2 aromatic heterocycles. The van der Waals surface area contributed by atoms with Gasteiger partial charge in [-0.25, -0.2) is 9.78 Å². The lowest BCUT2D eigenvalue weighted by Gasteiger charge is -2.07. The van der Waals surface area contributed by atoms with E-state index in [1.54, 1.807) is 41.7 Å². The molecule has 0 aliphatic rings. The van der Waals surface area contributed by atoms with Crippen molar-refractivity contribution in [1.82, 2.24) is 4.98 Å². The van der Waals surface area contributed by atoms with Gasteiger partial charge in [0.15, 0.2) is 11.3 Å². The summed E-state index contributed by atoms with van der Waals surface area (Å²) in [5.74, 6) is -0.0925. The largest absolute Gasteiger partial charge is 0.493 e. The molecule has 0 spiro atoms. The first kappa shape index (κ1) is 17.9. The smallest absolute Gasteiger partial charge is 0.349 e. The van der Waals surface area contributed by atoms with Gasteiger partial charge in [0.1, 0.15) is 5.56 Å². The Balaban J connectivity index is 1.60. The zero-order valence-corrected chi connectivity index (χ0v) is 16.0. The number of aryl methyl sites for hydroxylation is 1. The van der Waals surface area contributed by atoms with Crippen LogP contribution >= 0.6 is 11.3 Å². The molecule has 0 saturated carbocycles. The van der Waals surface area contributed by atoms with E-state index in [0.717, 1.165) is 16.3 Å². The van der Waals surface area contributed by atoms with Crippen LogP contribution in [0.4, 0.5) is 5.69 Å². The summed E-state index contributed by atoms with van der Waals surface area (Å²) >= 11 is 1.58. The Morgan fingerprint density at radius 1 is 1.18 bits per heavy atom. The van der Waals surface area contributed by atoms with Crippen molar-refractivity contribution in [1.29, 1.82) is 0 Å². The second kappa shape index (κ2) is 7.28. The van der Waals surface area contributed by atoms with Gasteiger partial charge in [0.2, 0.25) is 0 Å². The molecule has 0 atom stereocenters. The molecule has 0 aliphatic carbocycles. The second-order valence-electron chi connectivity index (χ2n) is 6.11. The van der Waals surface area contributed by atoms with Gasteiger partial charge in [0, 0.05) is 22.0 Å². The van der Waals surface area contributed by atoms with Gasteiger partial charge in [-0.2, -0.15) is 0 Å². The summed E-state index contributed by atoms with van der Waals surface area (Å²) < 4.78 is 10.5. The summed E-state index contributed by atoms with van der Waals surface area (Å²) in [6.07, 6.45) is 0. The Morgan fingerprint density at radius 3 is 2.64 bits per heavy atom. The molecule has 140 valence electrons. The summed E-state index contributed by atoms with van der Waals surface area (Å²) in [4.78, 5) is 29.3. The minimum absolute atomic E-state index is 0.0695. The predicted molar refractivity (Wildman–Crippen MR) is 109 cm³/mol. The van der Waals surface area contributed by atoms with Crippen LogP contribution < -0.4 is 15.7 Å². The fourth-order valence-electron chi connectivity index (χ4n) is 2.86. The van der Waals surface area contributed by atoms with Gasteiger partial charge < -0.3 is 14.5 Å². The molecule has 0 aliphatic heterocycles. The van der Waals surface area contributed by atoms with Gasteiger partial charge in [-0.3, -0.25) is 4.79 Å². The summed E-state index contributed by atoms with van der Waals surface area (Å²) in [6.45, 7) is 1.95. The molecule has 1 N–H and O–H groups in total. The van der Waals surface area contributed by atoms with E-state index < -0.39 is 11.5 Å². The normalized spacial score (nSPS) is 10.8. The number of amides is 1. The summed E-state index contributed by atoms with van der Waals surface area (Å²) in [5.41, 5.74) is 1.95. The SMILES string of the molecule is COc1cccc2cc(C(=O)Nc3ccc(-c4csc(C)n4)cc3)c(=O)oc12. The highest BCUT2D eigenvalue weighted by Crippen LogP contribution is 2.25. The average Bonchev–Trinajstić information content (AvgIpc) is 3.14. The maximum atomic E-state index is 12.6. The molecule has 0 bridgehead atoms. The zero-order chi connectivity index (χ0) is 19.7. The zero-order valence-electron chi connectivity index (χ0n) is 15.2. The van der Waals surface area contributed by atoms with Crippen molar-refractivity contribution in [3.8, 4) is 17.0 Å². The van der Waals surface area contributed by atoms with Crippen molar-refractivity contribution in [2.24, 2.45) is 0 Å². The number of rotatable bonds is 4. The molecule has 1 amide bonds. The standard InChI is InChI=1S/C21H16N2O4S/c1-12-22-17(11-28-12)13-6-8-15(9-7-13)23-20(24)16-10-14-4-3-5-18(26-2)19(14)27-21(16)25/h3-11H,1-2H3,(H,23,24). The van der Waals surface area contributed by atoms with Crippen LogP contribution in [0.2, 0.25) is 0 Å². The number of methoxy groups -OCH3 is 1. The number of ether oxygens (including phenoxy) is 1. The van der Waals surface area contributed by atoms with E-state index in [4.69, 9.17) is 9.15 Å². The molecule has 0 radical (unpaired) electrons. The van der Waals surface area contributed by atoms with E-state index in [1.807, 2.05) is 24.4 Å². The molecule has 28 heavy (non-hydrogen) atoms. The van der Waals surface area contributed by atoms with Crippen molar-refractivity contribution >= 4 is 33.9 Å². The van der Waals surface area contributed by atoms with Crippen LogP contribution in [0.25, 0.3) is 22.2 Å². The highest BCUT2D eigenvalue weighted by Gasteiger charge is 2.16. The lowest BCUT2D eigenvalue weighted by Crippen LogP contribution is -2.20. The molecule has 2 heterocycles. The number of hydrogen-bond donors (Lipinski definition) is 1. The van der Waals surface area contributed by atoms with Crippen molar-refractivity contribution in [3.63, 3.8) is 0 Å². The Bertz CT molecular complexity index is 1230. The highest BCUT2D eigenvalue weighted by molar-refractivity contribution is 7.09. The lowest BCUT2D eigenvalue weighted by atomic mass is 10.1. The third-order valence-electron chi connectivity index (χ3n) is 4.25. The Labute approximate surface area is 164 Å². The number of carbonyl (C=O) groups excluding carboxylic acids is 1. The van der Waals surface area contributed by atoms with Crippen LogP contribution in [0.3, 0.4) is 0 Å². The Hall–Kier alpha value is -3.45. The average molecular weight is 392 g/mol. The van der Waals surface area contributed by atoms with Gasteiger partial charge in [-0.15, -0.1) is 11.3 Å². The number of aromatic nitrogens is 1. The third kappa shape index (κ3) is 3.39. The van der Waals surface area contributed by atoms with E-state index in [1.165, 1.54) is 13.2 Å². The maximum Gasteiger partial charge on any atom is 0.349 e. The lowest BCUT2D eigenvalue weighted by molar-refractivity contribution is 0.102. The van der Waals surface area contributed by atoms with Gasteiger partial charge in [0.25, 0.3) is 5.91 Å². The van der Waals surface area contributed by atoms with Crippen LogP contribution in [0.15, 0.2) is 63.1 Å². The number of anilines is 1. The van der Waals surface area contributed by atoms with Gasteiger partial charge in [-0.1, -0.05) is 24.3 Å². The molecule has 4 rings (SSSR count). The molecular weight excluding hydrogens is 376 g/mol.